The van der Waals surface area contributed by atoms with E-state index in [0.717, 1.165) is 7.14 Å². The Balaban J connectivity index is 1.79. The average Bonchev–Trinajstić information content (AvgIpc) is 2.80. The number of carbonyl (C=O) groups is 1. The van der Waals surface area contributed by atoms with E-state index in [-0.39, 0.29) is 27.9 Å². The molecule has 0 bridgehead atoms. The lowest BCUT2D eigenvalue weighted by Gasteiger charge is -2.12. The Kier molecular flexibility index (Phi) is 9.12. The van der Waals surface area contributed by atoms with Crippen LogP contribution in [0.4, 0.5) is 11.4 Å². The number of amides is 1. The fraction of sp³-hybridized carbons (Fsp3) is 0.0435. The molecular formula is C23H13Cl2I2N3O4. The molecular weight excluding hydrogens is 707 g/mol. The second kappa shape index (κ2) is 11.8. The Labute approximate surface area is 232 Å². The number of nitrogens with zero attached hydrogens (tertiary/aromatic N) is 2. The first kappa shape index (κ1) is 26.2. The van der Waals surface area contributed by atoms with Gasteiger partial charge in [0.05, 0.1) is 27.8 Å². The lowest BCUT2D eigenvalue weighted by Crippen LogP contribution is -2.13. The van der Waals surface area contributed by atoms with Gasteiger partial charge in [-0.1, -0.05) is 41.4 Å². The van der Waals surface area contributed by atoms with E-state index in [9.17, 15) is 20.2 Å². The number of hydrogen-bond acceptors (Lipinski definition) is 5. The number of carbonyl (C=O) groups excluding carboxylic acids is 1. The van der Waals surface area contributed by atoms with Crippen molar-refractivity contribution in [2.24, 2.45) is 0 Å². The minimum atomic E-state index is -0.623. The third kappa shape index (κ3) is 6.59. The number of nitriles is 1. The molecule has 7 nitrogen and oxygen atoms in total. The molecule has 3 aromatic rings. The monoisotopic (exact) mass is 719 g/mol. The van der Waals surface area contributed by atoms with E-state index in [4.69, 9.17) is 27.9 Å². The van der Waals surface area contributed by atoms with Gasteiger partial charge in [-0.25, -0.2) is 0 Å². The molecule has 0 spiro atoms. The number of rotatable bonds is 7. The molecule has 0 aliphatic carbocycles. The van der Waals surface area contributed by atoms with Gasteiger partial charge in [-0.15, -0.1) is 0 Å². The minimum Gasteiger partial charge on any atom is -0.487 e. The standard InChI is InChI=1S/C23H13Cl2I2N3O4/c24-17-5-2-6-20(21(17)25)29-23(31)15(11-28)7-14-9-18(26)22(19(27)10-14)34-12-13-3-1-4-16(8-13)30(32)33/h1-10H,12H2,(H,29,31)/b15-7-. The Morgan fingerprint density at radius 2 is 1.82 bits per heavy atom. The van der Waals surface area contributed by atoms with Gasteiger partial charge >= 0.3 is 0 Å². The maximum atomic E-state index is 12.6. The number of ether oxygens (including phenoxy) is 1. The molecule has 172 valence electrons. The number of hydrogen-bond donors (Lipinski definition) is 1. The summed E-state index contributed by atoms with van der Waals surface area (Å²) in [5, 5.41) is 23.5. The molecule has 0 atom stereocenters. The van der Waals surface area contributed by atoms with Gasteiger partial charge in [0.25, 0.3) is 11.6 Å². The zero-order valence-corrected chi connectivity index (χ0v) is 22.8. The average molecular weight is 720 g/mol. The van der Waals surface area contributed by atoms with E-state index < -0.39 is 10.8 Å². The topological polar surface area (TPSA) is 105 Å². The van der Waals surface area contributed by atoms with Crippen LogP contribution in [0.15, 0.2) is 60.2 Å². The van der Waals surface area contributed by atoms with E-state index in [2.05, 4.69) is 50.5 Å². The van der Waals surface area contributed by atoms with E-state index in [1.54, 1.807) is 42.5 Å². The van der Waals surface area contributed by atoms with Gasteiger partial charge in [-0.2, -0.15) is 5.26 Å². The number of nitro groups is 1. The molecule has 1 amide bonds. The van der Waals surface area contributed by atoms with Gasteiger partial charge in [0.1, 0.15) is 24.0 Å². The van der Waals surface area contributed by atoms with Crippen LogP contribution in [-0.2, 0) is 11.4 Å². The summed E-state index contributed by atoms with van der Waals surface area (Å²) >= 11 is 16.3. The lowest BCUT2D eigenvalue weighted by atomic mass is 10.1. The first-order chi connectivity index (χ1) is 16.2. The van der Waals surface area contributed by atoms with Crippen molar-refractivity contribution < 1.29 is 14.5 Å². The number of nitrogens with one attached hydrogen (secondary N) is 1. The number of non-ortho nitro benzene ring substituents is 1. The summed E-state index contributed by atoms with van der Waals surface area (Å²) in [4.78, 5) is 23.1. The Morgan fingerprint density at radius 3 is 2.47 bits per heavy atom. The van der Waals surface area contributed by atoms with Crippen molar-refractivity contribution in [3.05, 3.63) is 98.6 Å². The maximum absolute atomic E-state index is 12.6. The van der Waals surface area contributed by atoms with Crippen LogP contribution in [0.1, 0.15) is 11.1 Å². The summed E-state index contributed by atoms with van der Waals surface area (Å²) in [6.07, 6.45) is 1.46. The molecule has 3 aromatic carbocycles. The summed E-state index contributed by atoms with van der Waals surface area (Å²) in [5.41, 5.74) is 1.46. The highest BCUT2D eigenvalue weighted by molar-refractivity contribution is 14.1. The van der Waals surface area contributed by atoms with Crippen molar-refractivity contribution in [1.29, 1.82) is 5.26 Å². The SMILES string of the molecule is N#C/C(=C/c1cc(I)c(OCc2cccc([N+](=O)[O-])c2)c(I)c1)C(=O)Nc1cccc(Cl)c1Cl. The summed E-state index contributed by atoms with van der Waals surface area (Å²) in [7, 11) is 0. The highest BCUT2D eigenvalue weighted by Crippen LogP contribution is 2.32. The third-order valence-corrected chi connectivity index (χ3v) is 6.82. The predicted octanol–water partition coefficient (Wildman–Crippen LogP) is 7.24. The van der Waals surface area contributed by atoms with Crippen LogP contribution in [0.25, 0.3) is 6.08 Å². The number of nitro benzene ring substituents is 1. The maximum Gasteiger partial charge on any atom is 0.269 e. The third-order valence-electron chi connectivity index (χ3n) is 4.40. The normalized spacial score (nSPS) is 11.0. The summed E-state index contributed by atoms with van der Waals surface area (Å²) < 4.78 is 7.39. The molecule has 0 saturated carbocycles. The number of benzene rings is 3. The Morgan fingerprint density at radius 1 is 1.15 bits per heavy atom. The van der Waals surface area contributed by atoms with Crippen LogP contribution in [0, 0.1) is 28.6 Å². The van der Waals surface area contributed by atoms with Gasteiger partial charge in [-0.05, 0) is 86.7 Å². The highest BCUT2D eigenvalue weighted by atomic mass is 127. The van der Waals surface area contributed by atoms with Gasteiger partial charge in [-0.3, -0.25) is 14.9 Å². The van der Waals surface area contributed by atoms with Gasteiger partial charge in [0.2, 0.25) is 0 Å². The van der Waals surface area contributed by atoms with Crippen LogP contribution in [0.3, 0.4) is 0 Å². The second-order valence-corrected chi connectivity index (χ2v) is 9.86. The summed E-state index contributed by atoms with van der Waals surface area (Å²) in [5.74, 6) is -0.0267. The molecule has 3 rings (SSSR count). The molecule has 11 heteroatoms. The zero-order valence-electron chi connectivity index (χ0n) is 17.0. The van der Waals surface area contributed by atoms with Crippen LogP contribution in [0.5, 0.6) is 5.75 Å². The van der Waals surface area contributed by atoms with E-state index in [1.165, 1.54) is 18.2 Å². The van der Waals surface area contributed by atoms with Crippen molar-refractivity contribution in [2.75, 3.05) is 5.32 Å². The van der Waals surface area contributed by atoms with E-state index in [1.807, 2.05) is 6.07 Å². The van der Waals surface area contributed by atoms with Crippen molar-refractivity contribution in [3.63, 3.8) is 0 Å². The van der Waals surface area contributed by atoms with Crippen molar-refractivity contribution in [1.82, 2.24) is 0 Å². The fourth-order valence-corrected chi connectivity index (χ4v) is 5.30. The van der Waals surface area contributed by atoms with Crippen molar-refractivity contribution in [2.45, 2.75) is 6.61 Å². The largest absolute Gasteiger partial charge is 0.487 e. The zero-order chi connectivity index (χ0) is 24.8. The van der Waals surface area contributed by atoms with Crippen molar-refractivity contribution in [3.8, 4) is 11.8 Å². The molecule has 0 unspecified atom stereocenters. The molecule has 0 saturated heterocycles. The fourth-order valence-electron chi connectivity index (χ4n) is 2.82. The molecule has 1 N–H and O–H groups in total. The van der Waals surface area contributed by atoms with Crippen LogP contribution in [0.2, 0.25) is 10.0 Å². The highest BCUT2D eigenvalue weighted by Gasteiger charge is 2.15. The molecule has 0 heterocycles. The van der Waals surface area contributed by atoms with Gasteiger partial charge in [0, 0.05) is 12.1 Å². The lowest BCUT2D eigenvalue weighted by molar-refractivity contribution is -0.384. The smallest absolute Gasteiger partial charge is 0.269 e. The number of anilines is 1. The Hall–Kier alpha value is -2.40. The molecule has 0 aliphatic heterocycles. The quantitative estimate of drug-likeness (QED) is 0.0912. The first-order valence-corrected chi connectivity index (χ1v) is 12.3. The van der Waals surface area contributed by atoms with Crippen LogP contribution >= 0.6 is 68.4 Å². The van der Waals surface area contributed by atoms with Crippen LogP contribution < -0.4 is 10.1 Å². The molecule has 0 fully saturated rings. The second-order valence-electron chi connectivity index (χ2n) is 6.75. The Bertz CT molecular complexity index is 1330. The summed E-state index contributed by atoms with van der Waals surface area (Å²) in [6.45, 7) is 0.148. The first-order valence-electron chi connectivity index (χ1n) is 9.42. The molecule has 0 radical (unpaired) electrons. The number of halogens is 4. The minimum absolute atomic E-state index is 0.00708. The van der Waals surface area contributed by atoms with Crippen LogP contribution in [-0.4, -0.2) is 10.8 Å². The summed E-state index contributed by atoms with van der Waals surface area (Å²) in [6, 6.07) is 16.5. The predicted molar refractivity (Wildman–Crippen MR) is 148 cm³/mol. The van der Waals surface area contributed by atoms with Gasteiger partial charge < -0.3 is 10.1 Å². The molecule has 0 aromatic heterocycles. The van der Waals surface area contributed by atoms with E-state index in [0.29, 0.717) is 22.6 Å². The van der Waals surface area contributed by atoms with Crippen molar-refractivity contribution >= 4 is 91.7 Å². The van der Waals surface area contributed by atoms with E-state index >= 15 is 0 Å². The molecule has 0 aliphatic rings. The van der Waals surface area contributed by atoms with Gasteiger partial charge in [0.15, 0.2) is 0 Å². The molecule has 34 heavy (non-hydrogen) atoms.